The molecule has 2 heterocycles. The fourth-order valence-electron chi connectivity index (χ4n) is 3.99. The van der Waals surface area contributed by atoms with Gasteiger partial charge in [0.15, 0.2) is 5.69 Å². The van der Waals surface area contributed by atoms with E-state index in [0.717, 1.165) is 16.3 Å². The molecule has 4 rings (SSSR count). The Hall–Kier alpha value is -3.62. The Morgan fingerprint density at radius 1 is 0.971 bits per heavy atom. The van der Waals surface area contributed by atoms with Gasteiger partial charge in [-0.15, -0.1) is 0 Å². The van der Waals surface area contributed by atoms with Crippen molar-refractivity contribution in [2.24, 2.45) is 0 Å². The lowest BCUT2D eigenvalue weighted by Crippen LogP contribution is -2.46. The second-order valence-corrected chi connectivity index (χ2v) is 8.31. The minimum Gasteiger partial charge on any atom is -0.353 e. The van der Waals surface area contributed by atoms with Crippen LogP contribution in [0.2, 0.25) is 0 Å². The normalized spacial score (nSPS) is 14.7. The third kappa shape index (κ3) is 5.84. The molecule has 1 N–H and O–H groups in total. The minimum absolute atomic E-state index is 0.0107. The summed E-state index contributed by atoms with van der Waals surface area (Å²) in [7, 11) is 0. The summed E-state index contributed by atoms with van der Waals surface area (Å²) in [5, 5.41) is 6.60. The molecule has 3 aromatic rings. The van der Waals surface area contributed by atoms with Crippen LogP contribution in [-0.2, 0) is 17.4 Å². The summed E-state index contributed by atoms with van der Waals surface area (Å²) in [5.74, 6) is -0.131. The van der Waals surface area contributed by atoms with Crippen LogP contribution >= 0.6 is 0 Å². The Bertz CT molecular complexity index is 1120. The number of alkyl halides is 3. The third-order valence-corrected chi connectivity index (χ3v) is 5.89. The molecule has 1 saturated heterocycles. The maximum absolute atomic E-state index is 12.8. The van der Waals surface area contributed by atoms with Gasteiger partial charge in [0.25, 0.3) is 5.91 Å². The van der Waals surface area contributed by atoms with E-state index in [0.29, 0.717) is 50.0 Å². The number of likely N-dealkylation sites (tertiary alicyclic amines) is 1. The van der Waals surface area contributed by atoms with Gasteiger partial charge in [-0.2, -0.15) is 18.3 Å². The van der Waals surface area contributed by atoms with Gasteiger partial charge in [-0.1, -0.05) is 30.3 Å². The second kappa shape index (κ2) is 10.1. The molecular formula is C25H25F3N4O2. The number of aromatic nitrogens is 2. The van der Waals surface area contributed by atoms with Crippen molar-refractivity contribution in [1.82, 2.24) is 20.0 Å². The molecule has 34 heavy (non-hydrogen) atoms. The number of hydrogen-bond acceptors (Lipinski definition) is 3. The fraction of sp³-hybridized carbons (Fsp3) is 0.320. The molecule has 2 amide bonds. The van der Waals surface area contributed by atoms with E-state index in [4.69, 9.17) is 0 Å². The number of nitrogens with one attached hydrogen (secondary N) is 1. The second-order valence-electron chi connectivity index (χ2n) is 8.31. The molecule has 178 valence electrons. The number of aryl methyl sites for hydroxylation is 1. The monoisotopic (exact) mass is 470 g/mol. The van der Waals surface area contributed by atoms with Crippen LogP contribution in [0.4, 0.5) is 13.2 Å². The molecule has 0 radical (unpaired) electrons. The molecule has 1 aliphatic rings. The topological polar surface area (TPSA) is 67.2 Å². The highest BCUT2D eigenvalue weighted by Gasteiger charge is 2.33. The van der Waals surface area contributed by atoms with Crippen LogP contribution in [0, 0.1) is 0 Å². The number of piperidine rings is 1. The third-order valence-electron chi connectivity index (χ3n) is 5.89. The molecular weight excluding hydrogens is 445 g/mol. The zero-order valence-corrected chi connectivity index (χ0v) is 18.5. The van der Waals surface area contributed by atoms with E-state index >= 15 is 0 Å². The summed E-state index contributed by atoms with van der Waals surface area (Å²) < 4.78 is 39.4. The van der Waals surface area contributed by atoms with Crippen LogP contribution in [0.1, 0.15) is 40.9 Å². The number of amides is 2. The number of hydrogen-bond donors (Lipinski definition) is 1. The summed E-state index contributed by atoms with van der Waals surface area (Å²) in [6, 6.07) is 17.1. The zero-order valence-electron chi connectivity index (χ0n) is 18.5. The molecule has 0 saturated carbocycles. The van der Waals surface area contributed by atoms with Gasteiger partial charge in [0.05, 0.1) is 5.69 Å². The smallest absolute Gasteiger partial charge is 0.353 e. The molecule has 2 aromatic carbocycles. The van der Waals surface area contributed by atoms with Crippen LogP contribution in [0.25, 0.3) is 5.69 Å². The first-order valence-corrected chi connectivity index (χ1v) is 11.2. The Labute approximate surface area is 195 Å². The number of benzene rings is 2. The van der Waals surface area contributed by atoms with Gasteiger partial charge >= 0.3 is 6.18 Å². The average molecular weight is 470 g/mol. The van der Waals surface area contributed by atoms with Crippen molar-refractivity contribution >= 4 is 11.8 Å². The molecule has 1 aliphatic heterocycles. The first kappa shape index (κ1) is 23.5. The van der Waals surface area contributed by atoms with Gasteiger partial charge in [-0.3, -0.25) is 9.59 Å². The summed E-state index contributed by atoms with van der Waals surface area (Å²) in [6.45, 7) is 1.05. The van der Waals surface area contributed by atoms with Crippen molar-refractivity contribution in [2.45, 2.75) is 37.9 Å². The Balaban J connectivity index is 1.26. The Morgan fingerprint density at radius 2 is 1.65 bits per heavy atom. The van der Waals surface area contributed by atoms with E-state index in [1.54, 1.807) is 29.2 Å². The van der Waals surface area contributed by atoms with Crippen LogP contribution in [0.3, 0.4) is 0 Å². The zero-order chi connectivity index (χ0) is 24.1. The van der Waals surface area contributed by atoms with Crippen molar-refractivity contribution in [2.75, 3.05) is 13.1 Å². The Kier molecular flexibility index (Phi) is 7.00. The van der Waals surface area contributed by atoms with Crippen molar-refractivity contribution in [1.29, 1.82) is 0 Å². The lowest BCUT2D eigenvalue weighted by Gasteiger charge is -2.32. The highest BCUT2D eigenvalue weighted by Crippen LogP contribution is 2.28. The van der Waals surface area contributed by atoms with Crippen molar-refractivity contribution in [3.05, 3.63) is 83.7 Å². The van der Waals surface area contributed by atoms with Gasteiger partial charge in [0.2, 0.25) is 5.91 Å². The van der Waals surface area contributed by atoms with Crippen LogP contribution in [0.15, 0.2) is 66.9 Å². The van der Waals surface area contributed by atoms with E-state index in [2.05, 4.69) is 10.4 Å². The summed E-state index contributed by atoms with van der Waals surface area (Å²) in [5.41, 5.74) is 1.04. The minimum atomic E-state index is -4.51. The number of nitrogens with zero attached hydrogens (tertiary/aromatic N) is 3. The van der Waals surface area contributed by atoms with Crippen molar-refractivity contribution < 1.29 is 22.8 Å². The predicted molar refractivity (Wildman–Crippen MR) is 120 cm³/mol. The van der Waals surface area contributed by atoms with Crippen molar-refractivity contribution in [3.63, 3.8) is 0 Å². The van der Waals surface area contributed by atoms with Gasteiger partial charge in [0, 0.05) is 37.3 Å². The number of carbonyl (C=O) groups is 2. The number of rotatable bonds is 6. The molecule has 0 bridgehead atoms. The molecule has 1 fully saturated rings. The summed E-state index contributed by atoms with van der Waals surface area (Å²) in [4.78, 5) is 26.8. The Morgan fingerprint density at radius 3 is 2.26 bits per heavy atom. The molecule has 0 unspecified atom stereocenters. The van der Waals surface area contributed by atoms with Crippen LogP contribution < -0.4 is 5.32 Å². The average Bonchev–Trinajstić information content (AvgIpc) is 3.35. The molecule has 6 nitrogen and oxygen atoms in total. The van der Waals surface area contributed by atoms with Crippen LogP contribution in [-0.4, -0.2) is 45.6 Å². The molecule has 9 heteroatoms. The lowest BCUT2D eigenvalue weighted by atomic mass is 10.0. The van der Waals surface area contributed by atoms with E-state index in [-0.39, 0.29) is 17.9 Å². The van der Waals surface area contributed by atoms with E-state index in [1.165, 1.54) is 6.20 Å². The predicted octanol–water partition coefficient (Wildman–Crippen LogP) is 4.24. The molecule has 0 atom stereocenters. The van der Waals surface area contributed by atoms with E-state index in [1.807, 2.05) is 30.3 Å². The summed E-state index contributed by atoms with van der Waals surface area (Å²) in [6.07, 6.45) is -0.803. The van der Waals surface area contributed by atoms with E-state index < -0.39 is 11.9 Å². The summed E-state index contributed by atoms with van der Waals surface area (Å²) >= 11 is 0. The fourth-order valence-corrected chi connectivity index (χ4v) is 3.99. The standard InChI is InChI=1S/C25H25F3N4O2/c26-25(27,28)22-14-17-32(30-22)21-9-7-19(8-10-21)24(34)31-15-12-20(13-16-31)29-23(33)11-6-18-4-2-1-3-5-18/h1-5,7-10,14,17,20H,6,11-13,15-16H2,(H,29,33). The number of carbonyl (C=O) groups excluding carboxylic acids is 2. The largest absolute Gasteiger partial charge is 0.435 e. The van der Waals surface area contributed by atoms with Crippen molar-refractivity contribution in [3.8, 4) is 5.69 Å². The highest BCUT2D eigenvalue weighted by molar-refractivity contribution is 5.94. The quantitative estimate of drug-likeness (QED) is 0.586. The highest BCUT2D eigenvalue weighted by atomic mass is 19.4. The SMILES string of the molecule is O=C(CCc1ccccc1)NC1CCN(C(=O)c2ccc(-n3ccc(C(F)(F)F)n3)cc2)CC1. The first-order chi connectivity index (χ1) is 16.3. The maximum atomic E-state index is 12.8. The number of halogens is 3. The van der Waals surface area contributed by atoms with E-state index in [9.17, 15) is 22.8 Å². The molecule has 0 spiro atoms. The van der Waals surface area contributed by atoms with Gasteiger partial charge in [0.1, 0.15) is 0 Å². The molecule has 1 aromatic heterocycles. The van der Waals surface area contributed by atoms with Gasteiger partial charge in [-0.05, 0) is 55.2 Å². The molecule has 0 aliphatic carbocycles. The lowest BCUT2D eigenvalue weighted by molar-refractivity contribution is -0.141. The van der Waals surface area contributed by atoms with Gasteiger partial charge in [-0.25, -0.2) is 4.68 Å². The first-order valence-electron chi connectivity index (χ1n) is 11.2. The van der Waals surface area contributed by atoms with Gasteiger partial charge < -0.3 is 10.2 Å². The maximum Gasteiger partial charge on any atom is 0.435 e. The van der Waals surface area contributed by atoms with Crippen LogP contribution in [0.5, 0.6) is 0 Å².